The van der Waals surface area contributed by atoms with Crippen molar-refractivity contribution < 1.29 is 19.0 Å². The van der Waals surface area contributed by atoms with Gasteiger partial charge in [0.25, 0.3) is 0 Å². The van der Waals surface area contributed by atoms with Gasteiger partial charge in [0.15, 0.2) is 11.5 Å². The van der Waals surface area contributed by atoms with Crippen molar-refractivity contribution >= 4 is 30.7 Å². The number of hydrogen-bond donors (Lipinski definition) is 1. The lowest BCUT2D eigenvalue weighted by molar-refractivity contribution is -0.134. The Hall–Kier alpha value is -1.41. The zero-order chi connectivity index (χ0) is 18.5. The number of piperazine rings is 1. The Bertz CT molecular complexity index is 634. The molecule has 1 aromatic carbocycles. The molecule has 1 atom stereocenters. The molecule has 0 radical (unpaired) electrons. The number of benzene rings is 1. The summed E-state index contributed by atoms with van der Waals surface area (Å²) in [4.78, 5) is 16.8. The summed E-state index contributed by atoms with van der Waals surface area (Å²) in [6.45, 7) is 4.97. The van der Waals surface area contributed by atoms with E-state index in [4.69, 9.17) is 14.2 Å². The highest BCUT2D eigenvalue weighted by molar-refractivity contribution is 5.85. The fraction of sp³-hybridized carbons (Fsp3) is 0.632. The van der Waals surface area contributed by atoms with Crippen LogP contribution in [0.1, 0.15) is 18.4 Å². The largest absolute Gasteiger partial charge is 0.493 e. The van der Waals surface area contributed by atoms with Crippen LogP contribution in [0.5, 0.6) is 17.2 Å². The number of methoxy groups -OCH3 is 3. The third kappa shape index (κ3) is 5.35. The van der Waals surface area contributed by atoms with E-state index in [1.165, 1.54) is 0 Å². The van der Waals surface area contributed by atoms with Gasteiger partial charge < -0.3 is 24.4 Å². The van der Waals surface area contributed by atoms with Crippen LogP contribution in [-0.4, -0.2) is 75.8 Å². The lowest BCUT2D eigenvalue weighted by Crippen LogP contribution is -2.52. The highest BCUT2D eigenvalue weighted by Crippen LogP contribution is 2.40. The van der Waals surface area contributed by atoms with Crippen LogP contribution in [0.15, 0.2) is 12.1 Å². The quantitative estimate of drug-likeness (QED) is 0.736. The first-order valence-electron chi connectivity index (χ1n) is 9.20. The van der Waals surface area contributed by atoms with Gasteiger partial charge in [0.1, 0.15) is 0 Å². The number of carbonyl (C=O) groups is 1. The summed E-state index contributed by atoms with van der Waals surface area (Å²) in [6.07, 6.45) is 2.05. The topological polar surface area (TPSA) is 63.3 Å². The number of amides is 1. The standard InChI is InChI=1S/C19H29N3O4.2ClH/c1-24-16-7-6-14(17(25-2)18(16)26-3)13-21-9-11-22(12-10-21)19(23)15-5-4-8-20-15;;/h6-7,15,20H,4-5,8-13H2,1-3H3;2*1H/t15-;;/m0../s1. The van der Waals surface area contributed by atoms with Gasteiger partial charge in [-0.05, 0) is 25.5 Å². The highest BCUT2D eigenvalue weighted by Gasteiger charge is 2.29. The summed E-state index contributed by atoms with van der Waals surface area (Å²) in [5, 5.41) is 3.30. The number of nitrogens with zero attached hydrogens (tertiary/aromatic N) is 2. The number of nitrogens with one attached hydrogen (secondary N) is 1. The van der Waals surface area contributed by atoms with Crippen LogP contribution in [0.3, 0.4) is 0 Å². The van der Waals surface area contributed by atoms with Crippen LogP contribution < -0.4 is 19.5 Å². The van der Waals surface area contributed by atoms with Crippen LogP contribution >= 0.6 is 24.8 Å². The molecule has 1 N–H and O–H groups in total. The summed E-state index contributed by atoms with van der Waals surface area (Å²) in [5.74, 6) is 2.24. The summed E-state index contributed by atoms with van der Waals surface area (Å²) < 4.78 is 16.4. The summed E-state index contributed by atoms with van der Waals surface area (Å²) in [5.41, 5.74) is 1.06. The molecular formula is C19H31Cl2N3O4. The van der Waals surface area contributed by atoms with E-state index in [0.717, 1.165) is 57.7 Å². The molecule has 0 saturated carbocycles. The maximum atomic E-state index is 12.5. The molecule has 1 amide bonds. The molecule has 28 heavy (non-hydrogen) atoms. The second-order valence-electron chi connectivity index (χ2n) is 6.74. The second kappa shape index (κ2) is 11.6. The van der Waals surface area contributed by atoms with Crippen molar-refractivity contribution in [3.8, 4) is 17.2 Å². The first-order chi connectivity index (χ1) is 12.7. The van der Waals surface area contributed by atoms with Crippen molar-refractivity contribution in [3.05, 3.63) is 17.7 Å². The Morgan fingerprint density at radius 3 is 2.25 bits per heavy atom. The minimum absolute atomic E-state index is 0. The molecule has 3 rings (SSSR count). The molecule has 2 aliphatic heterocycles. The Morgan fingerprint density at radius 1 is 1.04 bits per heavy atom. The summed E-state index contributed by atoms with van der Waals surface area (Å²) in [6, 6.07) is 3.94. The fourth-order valence-corrected chi connectivity index (χ4v) is 3.77. The van der Waals surface area contributed by atoms with Crippen molar-refractivity contribution in [2.45, 2.75) is 25.4 Å². The molecule has 2 heterocycles. The fourth-order valence-electron chi connectivity index (χ4n) is 3.77. The summed E-state index contributed by atoms with van der Waals surface area (Å²) >= 11 is 0. The molecule has 160 valence electrons. The van der Waals surface area contributed by atoms with Gasteiger partial charge in [0.2, 0.25) is 11.7 Å². The molecule has 0 bridgehead atoms. The van der Waals surface area contributed by atoms with E-state index >= 15 is 0 Å². The Labute approximate surface area is 179 Å². The Morgan fingerprint density at radius 2 is 1.71 bits per heavy atom. The maximum absolute atomic E-state index is 12.5. The van der Waals surface area contributed by atoms with Crippen LogP contribution in [0.25, 0.3) is 0 Å². The molecule has 2 fully saturated rings. The van der Waals surface area contributed by atoms with Crippen molar-refractivity contribution in [1.82, 2.24) is 15.1 Å². The highest BCUT2D eigenvalue weighted by atomic mass is 35.5. The predicted molar refractivity (Wildman–Crippen MR) is 113 cm³/mol. The van der Waals surface area contributed by atoms with Crippen molar-refractivity contribution in [2.24, 2.45) is 0 Å². The predicted octanol–water partition coefficient (Wildman–Crippen LogP) is 1.95. The third-order valence-electron chi connectivity index (χ3n) is 5.22. The molecule has 0 aromatic heterocycles. The molecule has 0 spiro atoms. The SMILES string of the molecule is COc1ccc(CN2CCN(C(=O)[C@@H]3CCCN3)CC2)c(OC)c1OC.Cl.Cl. The van der Waals surface area contributed by atoms with Gasteiger partial charge in [-0.15, -0.1) is 24.8 Å². The van der Waals surface area contributed by atoms with Gasteiger partial charge in [-0.1, -0.05) is 6.07 Å². The lowest BCUT2D eigenvalue weighted by Gasteiger charge is -2.36. The number of hydrogen-bond acceptors (Lipinski definition) is 6. The molecule has 2 saturated heterocycles. The van der Waals surface area contributed by atoms with Gasteiger partial charge in [-0.2, -0.15) is 0 Å². The number of rotatable bonds is 6. The smallest absolute Gasteiger partial charge is 0.239 e. The first kappa shape index (κ1) is 24.6. The van der Waals surface area contributed by atoms with Crippen molar-refractivity contribution in [2.75, 3.05) is 54.1 Å². The van der Waals surface area contributed by atoms with E-state index in [1.54, 1.807) is 21.3 Å². The zero-order valence-corrected chi connectivity index (χ0v) is 18.4. The van der Waals surface area contributed by atoms with Crippen LogP contribution in [0, 0.1) is 0 Å². The van der Waals surface area contributed by atoms with Crippen LogP contribution in [0.2, 0.25) is 0 Å². The molecule has 0 aliphatic carbocycles. The third-order valence-corrected chi connectivity index (χ3v) is 5.22. The average Bonchev–Trinajstić information content (AvgIpc) is 3.22. The van der Waals surface area contributed by atoms with E-state index in [-0.39, 0.29) is 36.8 Å². The second-order valence-corrected chi connectivity index (χ2v) is 6.74. The minimum atomic E-state index is 0. The summed E-state index contributed by atoms with van der Waals surface area (Å²) in [7, 11) is 4.88. The van der Waals surface area contributed by atoms with E-state index in [9.17, 15) is 4.79 Å². The molecular weight excluding hydrogens is 405 g/mol. The number of carbonyl (C=O) groups excluding carboxylic acids is 1. The van der Waals surface area contributed by atoms with E-state index in [1.807, 2.05) is 17.0 Å². The van der Waals surface area contributed by atoms with Crippen LogP contribution in [0.4, 0.5) is 0 Å². The lowest BCUT2D eigenvalue weighted by atomic mass is 10.1. The zero-order valence-electron chi connectivity index (χ0n) is 16.7. The molecule has 9 heteroatoms. The van der Waals surface area contributed by atoms with E-state index in [2.05, 4.69) is 10.2 Å². The normalized spacial score (nSPS) is 19.4. The monoisotopic (exact) mass is 435 g/mol. The number of ether oxygens (including phenoxy) is 3. The Kier molecular flexibility index (Phi) is 10.2. The van der Waals surface area contributed by atoms with Gasteiger partial charge in [-0.25, -0.2) is 0 Å². The maximum Gasteiger partial charge on any atom is 0.239 e. The van der Waals surface area contributed by atoms with E-state index in [0.29, 0.717) is 17.2 Å². The van der Waals surface area contributed by atoms with Gasteiger partial charge in [0, 0.05) is 38.3 Å². The van der Waals surface area contributed by atoms with Gasteiger partial charge in [0.05, 0.1) is 27.4 Å². The first-order valence-corrected chi connectivity index (χ1v) is 9.20. The number of halogens is 2. The van der Waals surface area contributed by atoms with Gasteiger partial charge >= 0.3 is 0 Å². The van der Waals surface area contributed by atoms with Crippen molar-refractivity contribution in [1.29, 1.82) is 0 Å². The molecule has 0 unspecified atom stereocenters. The average molecular weight is 436 g/mol. The molecule has 1 aromatic rings. The van der Waals surface area contributed by atoms with Gasteiger partial charge in [-0.3, -0.25) is 9.69 Å². The van der Waals surface area contributed by atoms with Crippen LogP contribution in [-0.2, 0) is 11.3 Å². The van der Waals surface area contributed by atoms with E-state index < -0.39 is 0 Å². The Balaban J connectivity index is 0.00000196. The van der Waals surface area contributed by atoms with Crippen molar-refractivity contribution in [3.63, 3.8) is 0 Å². The molecule has 7 nitrogen and oxygen atoms in total. The minimum Gasteiger partial charge on any atom is -0.493 e. The molecule has 2 aliphatic rings.